The lowest BCUT2D eigenvalue weighted by Crippen LogP contribution is -2.47. The van der Waals surface area contributed by atoms with Crippen LogP contribution in [0.5, 0.6) is 0 Å². The minimum absolute atomic E-state index is 0.0570. The van der Waals surface area contributed by atoms with Gasteiger partial charge in [0, 0.05) is 18.3 Å². The van der Waals surface area contributed by atoms with Crippen LogP contribution < -0.4 is 10.1 Å². The highest BCUT2D eigenvalue weighted by Crippen LogP contribution is 2.33. The Hall–Kier alpha value is -2.88. The van der Waals surface area contributed by atoms with E-state index in [0.29, 0.717) is 25.2 Å². The third-order valence-electron chi connectivity index (χ3n) is 5.46. The van der Waals surface area contributed by atoms with Crippen LogP contribution in [0.15, 0.2) is 60.8 Å². The van der Waals surface area contributed by atoms with Gasteiger partial charge in [-0.3, -0.25) is 0 Å². The van der Waals surface area contributed by atoms with Gasteiger partial charge >= 0.3 is 5.97 Å². The number of nitrogens with zero attached hydrogens (tertiary/aromatic N) is 2. The first-order chi connectivity index (χ1) is 14.8. The van der Waals surface area contributed by atoms with Crippen LogP contribution in [0.1, 0.15) is 50.0 Å². The van der Waals surface area contributed by atoms with E-state index in [1.54, 1.807) is 19.1 Å². The van der Waals surface area contributed by atoms with Gasteiger partial charge in [-0.15, -0.1) is 0 Å². The number of benzene rings is 2. The predicted octanol–water partition coefficient (Wildman–Crippen LogP) is 3.57. The summed E-state index contributed by atoms with van der Waals surface area (Å²) in [6, 6.07) is 18.1. The molecule has 0 bridgehead atoms. The molecular formula is C25H30N2O3Si. The highest BCUT2D eigenvalue weighted by molar-refractivity contribution is 6.47. The first-order valence-corrected chi connectivity index (χ1v) is 11.9. The Kier molecular flexibility index (Phi) is 6.99. The van der Waals surface area contributed by atoms with Crippen molar-refractivity contribution in [1.82, 2.24) is 0 Å². The van der Waals surface area contributed by atoms with E-state index in [-0.39, 0.29) is 11.4 Å². The van der Waals surface area contributed by atoms with Crippen molar-refractivity contribution in [2.75, 3.05) is 18.1 Å². The maximum Gasteiger partial charge on any atom is 0.338 e. The zero-order valence-electron chi connectivity index (χ0n) is 18.7. The van der Waals surface area contributed by atoms with Crippen molar-refractivity contribution < 1.29 is 14.0 Å². The molecule has 3 rings (SSSR count). The first-order valence-electron chi connectivity index (χ1n) is 10.6. The number of carbonyl (C=O) groups is 1. The summed E-state index contributed by atoms with van der Waals surface area (Å²) < 4.78 is 11.3. The molecule has 0 saturated carbocycles. The van der Waals surface area contributed by atoms with Gasteiger partial charge in [-0.25, -0.2) is 4.79 Å². The Morgan fingerprint density at radius 3 is 2.55 bits per heavy atom. The molecule has 5 nitrogen and oxygen atoms in total. The molecule has 1 aliphatic heterocycles. The van der Waals surface area contributed by atoms with Crippen LogP contribution in [0.4, 0.5) is 5.69 Å². The summed E-state index contributed by atoms with van der Waals surface area (Å²) >= 11 is 0. The second-order valence-electron chi connectivity index (χ2n) is 8.77. The maximum atomic E-state index is 11.9. The molecule has 6 heteroatoms. The van der Waals surface area contributed by atoms with Gasteiger partial charge in [0.1, 0.15) is 0 Å². The Labute approximate surface area is 187 Å². The molecule has 1 aliphatic rings. The fraction of sp³-hybridized carbons (Fsp3) is 0.360. The SMILES string of the molecule is CCOC(=O)c1ccc(N2C=CCC2(C#N)CO[SiH2]c2ccccc2C(C)(C)C)cc1. The maximum absolute atomic E-state index is 11.9. The van der Waals surface area contributed by atoms with E-state index >= 15 is 0 Å². The zero-order chi connectivity index (χ0) is 22.5. The second kappa shape index (κ2) is 9.50. The first kappa shape index (κ1) is 22.8. The van der Waals surface area contributed by atoms with Crippen molar-refractivity contribution in [1.29, 1.82) is 5.26 Å². The molecule has 0 radical (unpaired) electrons. The smallest absolute Gasteiger partial charge is 0.338 e. The minimum atomic E-state index is -0.993. The lowest BCUT2D eigenvalue weighted by Gasteiger charge is -2.34. The standard InChI is InChI=1S/C25H30N2O3Si/c1-5-29-23(28)19-11-13-20(14-12-19)27-16-8-15-25(27,17-26)18-30-31-22-10-7-6-9-21(22)24(2,3)4/h6-14,16H,5,15,18,31H2,1-4H3. The molecule has 2 aromatic carbocycles. The molecule has 0 amide bonds. The van der Waals surface area contributed by atoms with Crippen molar-refractivity contribution in [2.45, 2.75) is 45.1 Å². The molecule has 1 atom stereocenters. The zero-order valence-corrected chi connectivity index (χ0v) is 20.1. The van der Waals surface area contributed by atoms with E-state index < -0.39 is 15.3 Å². The molecule has 0 saturated heterocycles. The monoisotopic (exact) mass is 434 g/mol. The summed E-state index contributed by atoms with van der Waals surface area (Å²) in [4.78, 5) is 13.9. The van der Waals surface area contributed by atoms with Crippen LogP contribution in [0.25, 0.3) is 0 Å². The molecule has 31 heavy (non-hydrogen) atoms. The van der Waals surface area contributed by atoms with E-state index in [1.165, 1.54) is 10.8 Å². The van der Waals surface area contributed by atoms with Crippen LogP contribution in [0, 0.1) is 11.3 Å². The summed E-state index contributed by atoms with van der Waals surface area (Å²) in [5.74, 6) is -0.343. The van der Waals surface area contributed by atoms with Gasteiger partial charge in [-0.2, -0.15) is 5.26 Å². The summed E-state index contributed by atoms with van der Waals surface area (Å²) in [5.41, 5.74) is 1.93. The summed E-state index contributed by atoms with van der Waals surface area (Å²) in [6.45, 7) is 9.08. The molecule has 0 spiro atoms. The highest BCUT2D eigenvalue weighted by atomic mass is 28.2. The highest BCUT2D eigenvalue weighted by Gasteiger charge is 2.39. The third kappa shape index (κ3) is 5.06. The molecule has 0 fully saturated rings. The minimum Gasteiger partial charge on any atom is -0.462 e. The molecule has 0 N–H and O–H groups in total. The van der Waals surface area contributed by atoms with Crippen LogP contribution in [-0.4, -0.2) is 34.5 Å². The predicted molar refractivity (Wildman–Crippen MR) is 126 cm³/mol. The molecule has 162 valence electrons. The van der Waals surface area contributed by atoms with Crippen molar-refractivity contribution >= 4 is 26.6 Å². The van der Waals surface area contributed by atoms with Gasteiger partial charge in [0.15, 0.2) is 15.3 Å². The van der Waals surface area contributed by atoms with Gasteiger partial charge in [0.2, 0.25) is 0 Å². The van der Waals surface area contributed by atoms with E-state index in [2.05, 4.69) is 51.1 Å². The molecule has 2 aromatic rings. The number of ether oxygens (including phenoxy) is 1. The van der Waals surface area contributed by atoms with E-state index in [4.69, 9.17) is 9.16 Å². The van der Waals surface area contributed by atoms with Crippen molar-refractivity contribution in [2.24, 2.45) is 0 Å². The summed E-state index contributed by atoms with van der Waals surface area (Å²) in [5, 5.41) is 11.3. The summed E-state index contributed by atoms with van der Waals surface area (Å²) in [7, 11) is -0.993. The van der Waals surface area contributed by atoms with Crippen LogP contribution in [-0.2, 0) is 14.6 Å². The van der Waals surface area contributed by atoms with Crippen molar-refractivity contribution in [3.8, 4) is 6.07 Å². The molecule has 1 heterocycles. The average molecular weight is 435 g/mol. The lowest BCUT2D eigenvalue weighted by molar-refractivity contribution is 0.0526. The Balaban J connectivity index is 1.73. The largest absolute Gasteiger partial charge is 0.462 e. The Morgan fingerprint density at radius 1 is 1.19 bits per heavy atom. The van der Waals surface area contributed by atoms with Crippen LogP contribution in [0.3, 0.4) is 0 Å². The average Bonchev–Trinajstić information content (AvgIpc) is 3.18. The number of nitriles is 1. The number of rotatable bonds is 7. The van der Waals surface area contributed by atoms with Gasteiger partial charge < -0.3 is 14.1 Å². The Morgan fingerprint density at radius 2 is 1.90 bits per heavy atom. The molecule has 0 aromatic heterocycles. The lowest BCUT2D eigenvalue weighted by atomic mass is 9.87. The number of esters is 1. The van der Waals surface area contributed by atoms with E-state index in [0.717, 1.165) is 5.69 Å². The second-order valence-corrected chi connectivity index (χ2v) is 10.2. The van der Waals surface area contributed by atoms with Gasteiger partial charge in [0.25, 0.3) is 0 Å². The van der Waals surface area contributed by atoms with Crippen LogP contribution >= 0.6 is 0 Å². The van der Waals surface area contributed by atoms with E-state index in [1.807, 2.05) is 29.3 Å². The number of anilines is 1. The van der Waals surface area contributed by atoms with Gasteiger partial charge in [-0.1, -0.05) is 51.1 Å². The summed E-state index contributed by atoms with van der Waals surface area (Å²) in [6.07, 6.45) is 4.52. The van der Waals surface area contributed by atoms with E-state index in [9.17, 15) is 10.1 Å². The molecule has 1 unspecified atom stereocenters. The fourth-order valence-corrected chi connectivity index (χ4v) is 5.56. The van der Waals surface area contributed by atoms with Crippen molar-refractivity contribution in [3.63, 3.8) is 0 Å². The number of hydrogen-bond acceptors (Lipinski definition) is 5. The number of hydrogen-bond donors (Lipinski definition) is 0. The topological polar surface area (TPSA) is 62.6 Å². The fourth-order valence-electron chi connectivity index (χ4n) is 3.87. The van der Waals surface area contributed by atoms with Gasteiger partial charge in [-0.05, 0) is 47.4 Å². The molecular weight excluding hydrogens is 404 g/mol. The quantitative estimate of drug-likeness (QED) is 0.492. The number of carbonyl (C=O) groups excluding carboxylic acids is 1. The normalized spacial score (nSPS) is 18.5. The van der Waals surface area contributed by atoms with Crippen LogP contribution in [0.2, 0.25) is 0 Å². The third-order valence-corrected chi connectivity index (χ3v) is 6.80. The Bertz CT molecular complexity index is 989. The molecule has 0 aliphatic carbocycles. The van der Waals surface area contributed by atoms with Crippen molar-refractivity contribution in [3.05, 3.63) is 71.9 Å². The van der Waals surface area contributed by atoms with Gasteiger partial charge in [0.05, 0.1) is 24.8 Å².